The number of H-pyrrole nitrogens is 1. The van der Waals surface area contributed by atoms with Crippen molar-refractivity contribution in [1.82, 2.24) is 19.5 Å². The Labute approximate surface area is 143 Å². The SMILES string of the molecule is COc1ccc(C(c2ccncc2)n2cnc3cc[nH]c3c2=O)cc1. The van der Waals surface area contributed by atoms with Gasteiger partial charge in [0.1, 0.15) is 11.3 Å². The summed E-state index contributed by atoms with van der Waals surface area (Å²) in [6.07, 6.45) is 6.75. The fourth-order valence-corrected chi connectivity index (χ4v) is 2.98. The summed E-state index contributed by atoms with van der Waals surface area (Å²) in [7, 11) is 1.63. The molecule has 0 saturated carbocycles. The third-order valence-corrected chi connectivity index (χ3v) is 4.23. The van der Waals surface area contributed by atoms with Crippen molar-refractivity contribution in [3.8, 4) is 5.75 Å². The Balaban J connectivity index is 1.93. The van der Waals surface area contributed by atoms with Gasteiger partial charge in [0.2, 0.25) is 0 Å². The van der Waals surface area contributed by atoms with Crippen molar-refractivity contribution in [1.29, 1.82) is 0 Å². The Hall–Kier alpha value is -3.41. The molecule has 124 valence electrons. The molecule has 0 radical (unpaired) electrons. The number of ether oxygens (including phenoxy) is 1. The summed E-state index contributed by atoms with van der Waals surface area (Å²) in [5.41, 5.74) is 2.95. The molecule has 0 bridgehead atoms. The molecule has 6 heteroatoms. The normalized spacial score (nSPS) is 12.2. The minimum absolute atomic E-state index is 0.118. The Bertz CT molecular complexity index is 1050. The molecule has 4 aromatic rings. The number of fused-ring (bicyclic) bond motifs is 1. The monoisotopic (exact) mass is 332 g/mol. The first kappa shape index (κ1) is 15.1. The molecule has 0 fully saturated rings. The molecule has 1 atom stereocenters. The largest absolute Gasteiger partial charge is 0.497 e. The van der Waals surface area contributed by atoms with E-state index >= 15 is 0 Å². The standard InChI is InChI=1S/C19H16N4O2/c1-25-15-4-2-13(3-5-15)18(14-6-9-20-10-7-14)23-12-22-16-8-11-21-17(16)19(23)24/h2-12,18,21H,1H3. The Kier molecular flexibility index (Phi) is 3.78. The second-order valence-electron chi connectivity index (χ2n) is 5.65. The lowest BCUT2D eigenvalue weighted by Gasteiger charge is -2.20. The van der Waals surface area contributed by atoms with Gasteiger partial charge in [-0.15, -0.1) is 0 Å². The number of nitrogens with one attached hydrogen (secondary N) is 1. The topological polar surface area (TPSA) is 72.8 Å². The van der Waals surface area contributed by atoms with Gasteiger partial charge in [-0.3, -0.25) is 14.3 Å². The lowest BCUT2D eigenvalue weighted by Crippen LogP contribution is -2.26. The summed E-state index contributed by atoms with van der Waals surface area (Å²) >= 11 is 0. The zero-order chi connectivity index (χ0) is 17.2. The summed E-state index contributed by atoms with van der Waals surface area (Å²) in [5, 5.41) is 0. The summed E-state index contributed by atoms with van der Waals surface area (Å²) in [5.74, 6) is 0.766. The highest BCUT2D eigenvalue weighted by Crippen LogP contribution is 2.27. The second-order valence-corrected chi connectivity index (χ2v) is 5.65. The van der Waals surface area contributed by atoms with Crippen LogP contribution < -0.4 is 10.3 Å². The van der Waals surface area contributed by atoms with Gasteiger partial charge in [0.15, 0.2) is 0 Å². The van der Waals surface area contributed by atoms with Crippen molar-refractivity contribution in [3.05, 3.63) is 88.9 Å². The van der Waals surface area contributed by atoms with E-state index < -0.39 is 0 Å². The maximum Gasteiger partial charge on any atom is 0.278 e. The van der Waals surface area contributed by atoms with E-state index in [1.54, 1.807) is 42.7 Å². The summed E-state index contributed by atoms with van der Waals surface area (Å²) < 4.78 is 6.87. The van der Waals surface area contributed by atoms with Crippen LogP contribution in [0.1, 0.15) is 17.2 Å². The van der Waals surface area contributed by atoms with E-state index in [0.29, 0.717) is 11.0 Å². The van der Waals surface area contributed by atoms with E-state index in [2.05, 4.69) is 15.0 Å². The van der Waals surface area contributed by atoms with Gasteiger partial charge in [0.05, 0.1) is 25.0 Å². The maximum atomic E-state index is 13.0. The van der Waals surface area contributed by atoms with Crippen molar-refractivity contribution in [2.24, 2.45) is 0 Å². The molecule has 3 aromatic heterocycles. The van der Waals surface area contributed by atoms with E-state index in [0.717, 1.165) is 16.9 Å². The van der Waals surface area contributed by atoms with Crippen LogP contribution in [-0.2, 0) is 0 Å². The predicted octanol–water partition coefficient (Wildman–Crippen LogP) is 2.77. The maximum absolute atomic E-state index is 13.0. The average Bonchev–Trinajstić information content (AvgIpc) is 3.15. The van der Waals surface area contributed by atoms with Crippen LogP contribution in [0.25, 0.3) is 11.0 Å². The van der Waals surface area contributed by atoms with Crippen molar-refractivity contribution >= 4 is 11.0 Å². The van der Waals surface area contributed by atoms with Crippen LogP contribution in [-0.4, -0.2) is 26.6 Å². The second kappa shape index (κ2) is 6.24. The first-order valence-corrected chi connectivity index (χ1v) is 7.86. The molecule has 4 rings (SSSR count). The molecule has 0 aliphatic heterocycles. The highest BCUT2D eigenvalue weighted by Gasteiger charge is 2.19. The smallest absolute Gasteiger partial charge is 0.278 e. The molecule has 6 nitrogen and oxygen atoms in total. The molecule has 0 saturated heterocycles. The van der Waals surface area contributed by atoms with Crippen molar-refractivity contribution < 1.29 is 4.74 Å². The van der Waals surface area contributed by atoms with Gasteiger partial charge in [0, 0.05) is 18.6 Å². The van der Waals surface area contributed by atoms with Crippen molar-refractivity contribution in [3.63, 3.8) is 0 Å². The van der Waals surface area contributed by atoms with Crippen LogP contribution in [0.4, 0.5) is 0 Å². The molecular formula is C19H16N4O2. The van der Waals surface area contributed by atoms with Gasteiger partial charge in [-0.25, -0.2) is 4.98 Å². The molecule has 1 unspecified atom stereocenters. The van der Waals surface area contributed by atoms with E-state index in [1.165, 1.54) is 0 Å². The summed E-state index contributed by atoms with van der Waals surface area (Å²) in [6, 6.07) is 13.0. The third kappa shape index (κ3) is 2.67. The minimum atomic E-state index is -0.304. The molecular weight excluding hydrogens is 316 g/mol. The van der Waals surface area contributed by atoms with E-state index in [1.807, 2.05) is 36.4 Å². The predicted molar refractivity (Wildman–Crippen MR) is 94.8 cm³/mol. The van der Waals surface area contributed by atoms with Crippen LogP contribution in [0, 0.1) is 0 Å². The number of methoxy groups -OCH3 is 1. The molecule has 0 aliphatic carbocycles. The number of benzene rings is 1. The third-order valence-electron chi connectivity index (χ3n) is 4.23. The first-order valence-electron chi connectivity index (χ1n) is 7.86. The Morgan fingerprint density at radius 2 is 1.76 bits per heavy atom. The highest BCUT2D eigenvalue weighted by molar-refractivity contribution is 5.73. The lowest BCUT2D eigenvalue weighted by molar-refractivity contribution is 0.414. The van der Waals surface area contributed by atoms with Crippen LogP contribution >= 0.6 is 0 Å². The molecule has 3 heterocycles. The number of aromatic nitrogens is 4. The van der Waals surface area contributed by atoms with Gasteiger partial charge in [0.25, 0.3) is 5.56 Å². The zero-order valence-electron chi connectivity index (χ0n) is 13.6. The fourth-order valence-electron chi connectivity index (χ4n) is 2.98. The molecule has 25 heavy (non-hydrogen) atoms. The van der Waals surface area contributed by atoms with Gasteiger partial charge >= 0.3 is 0 Å². The van der Waals surface area contributed by atoms with Gasteiger partial charge in [-0.05, 0) is 41.5 Å². The Morgan fingerprint density at radius 3 is 2.48 bits per heavy atom. The number of hydrogen-bond acceptors (Lipinski definition) is 4. The van der Waals surface area contributed by atoms with E-state index in [9.17, 15) is 4.79 Å². The van der Waals surface area contributed by atoms with Gasteiger partial charge < -0.3 is 9.72 Å². The molecule has 0 aliphatic rings. The number of pyridine rings is 1. The van der Waals surface area contributed by atoms with Crippen LogP contribution in [0.2, 0.25) is 0 Å². The van der Waals surface area contributed by atoms with Crippen LogP contribution in [0.15, 0.2) is 72.2 Å². The van der Waals surface area contributed by atoms with Crippen LogP contribution in [0.3, 0.4) is 0 Å². The average molecular weight is 332 g/mol. The number of hydrogen-bond donors (Lipinski definition) is 1. The quantitative estimate of drug-likeness (QED) is 0.624. The first-order chi connectivity index (χ1) is 12.3. The lowest BCUT2D eigenvalue weighted by atomic mass is 9.99. The van der Waals surface area contributed by atoms with E-state index in [4.69, 9.17) is 4.74 Å². The molecule has 1 aromatic carbocycles. The Morgan fingerprint density at radius 1 is 1.04 bits per heavy atom. The number of rotatable bonds is 4. The number of aromatic amines is 1. The van der Waals surface area contributed by atoms with Gasteiger partial charge in [-0.1, -0.05) is 12.1 Å². The van der Waals surface area contributed by atoms with Crippen LogP contribution in [0.5, 0.6) is 5.75 Å². The zero-order valence-corrected chi connectivity index (χ0v) is 13.6. The van der Waals surface area contributed by atoms with Crippen molar-refractivity contribution in [2.45, 2.75) is 6.04 Å². The summed E-state index contributed by atoms with van der Waals surface area (Å²) in [4.78, 5) is 24.4. The van der Waals surface area contributed by atoms with Gasteiger partial charge in [-0.2, -0.15) is 0 Å². The molecule has 0 spiro atoms. The van der Waals surface area contributed by atoms with E-state index in [-0.39, 0.29) is 11.6 Å². The minimum Gasteiger partial charge on any atom is -0.497 e. The summed E-state index contributed by atoms with van der Waals surface area (Å²) in [6.45, 7) is 0. The molecule has 0 amide bonds. The number of nitrogens with zero attached hydrogens (tertiary/aromatic N) is 3. The van der Waals surface area contributed by atoms with Crippen molar-refractivity contribution in [2.75, 3.05) is 7.11 Å². The molecule has 1 N–H and O–H groups in total. The highest BCUT2D eigenvalue weighted by atomic mass is 16.5. The fraction of sp³-hybridized carbons (Fsp3) is 0.105.